The molecule has 0 aromatic carbocycles. The van der Waals surface area contributed by atoms with E-state index in [1.807, 2.05) is 25.6 Å². The van der Waals surface area contributed by atoms with Crippen molar-refractivity contribution in [2.75, 3.05) is 18.9 Å². The summed E-state index contributed by atoms with van der Waals surface area (Å²) in [4.78, 5) is 11.3. The van der Waals surface area contributed by atoms with Gasteiger partial charge in [0, 0.05) is 17.3 Å². The third-order valence-corrected chi connectivity index (χ3v) is 4.44. The Kier molecular flexibility index (Phi) is 5.62. The Morgan fingerprint density at radius 2 is 2.38 bits per heavy atom. The van der Waals surface area contributed by atoms with Crippen LogP contribution in [0.1, 0.15) is 40.0 Å². The highest BCUT2D eigenvalue weighted by molar-refractivity contribution is 8.00. The Balaban J connectivity index is 2.19. The van der Waals surface area contributed by atoms with Crippen molar-refractivity contribution in [2.45, 2.75) is 50.8 Å². The van der Waals surface area contributed by atoms with E-state index in [0.29, 0.717) is 17.8 Å². The minimum atomic E-state index is -0.105. The number of rotatable bonds is 6. The molecule has 3 nitrogen and oxygen atoms in total. The lowest BCUT2D eigenvalue weighted by Gasteiger charge is -2.25. The molecular formula is C12H23NO2S. The van der Waals surface area contributed by atoms with Gasteiger partial charge in [0.25, 0.3) is 0 Å². The third-order valence-electron chi connectivity index (χ3n) is 2.90. The zero-order valence-corrected chi connectivity index (χ0v) is 11.4. The molecule has 0 spiro atoms. The smallest absolute Gasteiger partial charge is 0.307 e. The van der Waals surface area contributed by atoms with Gasteiger partial charge in [-0.05, 0) is 39.4 Å². The molecule has 94 valence electrons. The van der Waals surface area contributed by atoms with Gasteiger partial charge in [0.2, 0.25) is 0 Å². The first kappa shape index (κ1) is 13.8. The normalized spacial score (nSPS) is 26.7. The molecule has 0 saturated carbocycles. The van der Waals surface area contributed by atoms with Gasteiger partial charge in [0.1, 0.15) is 0 Å². The molecule has 0 amide bonds. The van der Waals surface area contributed by atoms with Crippen LogP contribution in [0, 0.1) is 0 Å². The van der Waals surface area contributed by atoms with Gasteiger partial charge in [-0.3, -0.25) is 4.79 Å². The molecule has 1 rings (SSSR count). The van der Waals surface area contributed by atoms with Crippen LogP contribution >= 0.6 is 11.8 Å². The van der Waals surface area contributed by atoms with Crippen LogP contribution in [0.15, 0.2) is 0 Å². The van der Waals surface area contributed by atoms with Gasteiger partial charge in [0.05, 0.1) is 13.0 Å². The summed E-state index contributed by atoms with van der Waals surface area (Å²) < 4.78 is 5.29. The molecule has 1 N–H and O–H groups in total. The Hall–Kier alpha value is -0.220. The maximum atomic E-state index is 11.3. The number of esters is 1. The zero-order chi connectivity index (χ0) is 12.0. The summed E-state index contributed by atoms with van der Waals surface area (Å²) in [5.74, 6) is 1.16. The lowest BCUT2D eigenvalue weighted by Crippen LogP contribution is -2.39. The van der Waals surface area contributed by atoms with E-state index in [1.54, 1.807) is 0 Å². The molecule has 1 aliphatic rings. The summed E-state index contributed by atoms with van der Waals surface area (Å²) >= 11 is 2.04. The van der Waals surface area contributed by atoms with Crippen molar-refractivity contribution < 1.29 is 9.53 Å². The van der Waals surface area contributed by atoms with Gasteiger partial charge in [-0.2, -0.15) is 11.8 Å². The van der Waals surface area contributed by atoms with Crippen molar-refractivity contribution >= 4 is 17.7 Å². The van der Waals surface area contributed by atoms with Crippen LogP contribution in [0.5, 0.6) is 0 Å². The molecule has 0 aromatic rings. The number of carbonyl (C=O) groups excluding carboxylic acids is 1. The fraction of sp³-hybridized carbons (Fsp3) is 0.917. The highest BCUT2D eigenvalue weighted by Gasteiger charge is 2.29. The second kappa shape index (κ2) is 6.50. The predicted octanol–water partition coefficient (Wildman–Crippen LogP) is 2.20. The Labute approximate surface area is 103 Å². The molecule has 0 bridgehead atoms. The number of ether oxygens (including phenoxy) is 1. The van der Waals surface area contributed by atoms with E-state index in [2.05, 4.69) is 12.2 Å². The van der Waals surface area contributed by atoms with E-state index in [1.165, 1.54) is 18.6 Å². The van der Waals surface area contributed by atoms with Crippen molar-refractivity contribution in [3.63, 3.8) is 0 Å². The lowest BCUT2D eigenvalue weighted by molar-refractivity contribution is -0.143. The first-order chi connectivity index (χ1) is 7.56. The minimum Gasteiger partial charge on any atom is -0.466 e. The Morgan fingerprint density at radius 3 is 2.94 bits per heavy atom. The van der Waals surface area contributed by atoms with Crippen molar-refractivity contribution in [3.05, 3.63) is 0 Å². The van der Waals surface area contributed by atoms with Crippen LogP contribution < -0.4 is 5.32 Å². The minimum absolute atomic E-state index is 0.105. The second-order valence-electron chi connectivity index (χ2n) is 4.69. The number of hydrogen-bond donors (Lipinski definition) is 1. The highest BCUT2D eigenvalue weighted by atomic mass is 32.2. The van der Waals surface area contributed by atoms with Crippen LogP contribution in [-0.2, 0) is 9.53 Å². The molecule has 0 radical (unpaired) electrons. The summed E-state index contributed by atoms with van der Waals surface area (Å²) in [6.07, 6.45) is 3.06. The molecule has 2 unspecified atom stereocenters. The first-order valence-electron chi connectivity index (χ1n) is 6.09. The molecule has 1 saturated heterocycles. The van der Waals surface area contributed by atoms with Crippen molar-refractivity contribution in [3.8, 4) is 0 Å². The van der Waals surface area contributed by atoms with Gasteiger partial charge in [0.15, 0.2) is 0 Å². The number of hydrogen-bond acceptors (Lipinski definition) is 4. The Morgan fingerprint density at radius 1 is 1.62 bits per heavy atom. The first-order valence-corrected chi connectivity index (χ1v) is 7.07. The molecular weight excluding hydrogens is 222 g/mol. The van der Waals surface area contributed by atoms with E-state index in [-0.39, 0.29) is 12.0 Å². The van der Waals surface area contributed by atoms with Crippen LogP contribution in [0.3, 0.4) is 0 Å². The highest BCUT2D eigenvalue weighted by Crippen LogP contribution is 2.37. The maximum absolute atomic E-state index is 11.3. The van der Waals surface area contributed by atoms with Gasteiger partial charge >= 0.3 is 5.97 Å². The van der Waals surface area contributed by atoms with Crippen molar-refractivity contribution in [1.82, 2.24) is 5.32 Å². The summed E-state index contributed by atoms with van der Waals surface area (Å²) in [5, 5.41) is 3.43. The largest absolute Gasteiger partial charge is 0.466 e. The van der Waals surface area contributed by atoms with Crippen molar-refractivity contribution in [2.24, 2.45) is 0 Å². The average Bonchev–Trinajstić information content (AvgIpc) is 2.63. The van der Waals surface area contributed by atoms with E-state index < -0.39 is 0 Å². The summed E-state index contributed by atoms with van der Waals surface area (Å²) in [5.41, 5.74) is 0. The van der Waals surface area contributed by atoms with Crippen molar-refractivity contribution in [1.29, 1.82) is 0 Å². The number of nitrogens with one attached hydrogen (secondary N) is 1. The molecule has 0 aromatic heterocycles. The summed E-state index contributed by atoms with van der Waals surface area (Å²) in [6, 6.07) is 0.206. The fourth-order valence-corrected chi connectivity index (χ4v) is 3.16. The second-order valence-corrected chi connectivity index (χ2v) is 6.38. The lowest BCUT2D eigenvalue weighted by atomic mass is 10.1. The van der Waals surface area contributed by atoms with E-state index in [0.717, 1.165) is 6.54 Å². The SMILES string of the molecule is CCOC(=O)CC(C)NCC1(C)CCCS1. The van der Waals surface area contributed by atoms with Gasteiger partial charge in [-0.15, -0.1) is 0 Å². The van der Waals surface area contributed by atoms with Crippen LogP contribution in [0.25, 0.3) is 0 Å². The standard InChI is InChI=1S/C12H23NO2S/c1-4-15-11(14)8-10(2)13-9-12(3)6-5-7-16-12/h10,13H,4-9H2,1-3H3. The molecule has 16 heavy (non-hydrogen) atoms. The van der Waals surface area contributed by atoms with Gasteiger partial charge < -0.3 is 10.1 Å². The summed E-state index contributed by atoms with van der Waals surface area (Å²) in [6.45, 7) is 7.64. The van der Waals surface area contributed by atoms with E-state index in [4.69, 9.17) is 4.74 Å². The molecule has 2 atom stereocenters. The van der Waals surface area contributed by atoms with Crippen LogP contribution in [0.2, 0.25) is 0 Å². The fourth-order valence-electron chi connectivity index (χ4n) is 1.91. The average molecular weight is 245 g/mol. The summed E-state index contributed by atoms with van der Waals surface area (Å²) in [7, 11) is 0. The van der Waals surface area contributed by atoms with Crippen LogP contribution in [-0.4, -0.2) is 35.7 Å². The molecule has 1 heterocycles. The van der Waals surface area contributed by atoms with E-state index >= 15 is 0 Å². The molecule has 1 aliphatic heterocycles. The maximum Gasteiger partial charge on any atom is 0.307 e. The van der Waals surface area contributed by atoms with Crippen LogP contribution in [0.4, 0.5) is 0 Å². The topological polar surface area (TPSA) is 38.3 Å². The molecule has 4 heteroatoms. The van der Waals surface area contributed by atoms with Gasteiger partial charge in [-0.25, -0.2) is 0 Å². The Bertz CT molecular complexity index is 227. The quantitative estimate of drug-likeness (QED) is 0.728. The third kappa shape index (κ3) is 4.74. The molecule has 1 fully saturated rings. The monoisotopic (exact) mass is 245 g/mol. The van der Waals surface area contributed by atoms with E-state index in [9.17, 15) is 4.79 Å². The predicted molar refractivity (Wildman–Crippen MR) is 68.8 cm³/mol. The molecule has 0 aliphatic carbocycles. The number of thioether (sulfide) groups is 1. The number of carbonyl (C=O) groups is 1. The van der Waals surface area contributed by atoms with Gasteiger partial charge in [-0.1, -0.05) is 0 Å². The zero-order valence-electron chi connectivity index (χ0n) is 10.5.